The van der Waals surface area contributed by atoms with Gasteiger partial charge in [-0.1, -0.05) is 58.3 Å². The van der Waals surface area contributed by atoms with Crippen LogP contribution < -0.4 is 16.0 Å². The predicted octanol–water partition coefficient (Wildman–Crippen LogP) is 3.31. The van der Waals surface area contributed by atoms with Crippen molar-refractivity contribution in [3.05, 3.63) is 0 Å². The van der Waals surface area contributed by atoms with Crippen LogP contribution in [0, 0.1) is 0 Å². The highest BCUT2D eigenvalue weighted by atomic mass is 16.2. The van der Waals surface area contributed by atoms with Crippen LogP contribution in [0.2, 0.25) is 0 Å². The second-order valence-corrected chi connectivity index (χ2v) is 10.2. The Morgan fingerprint density at radius 3 is 1.69 bits per heavy atom. The first kappa shape index (κ1) is 33.3. The lowest BCUT2D eigenvalue weighted by molar-refractivity contribution is -0.129. The first-order valence-corrected chi connectivity index (χ1v) is 13.9. The molecule has 206 valence electrons. The third-order valence-corrected chi connectivity index (χ3v) is 6.00. The van der Waals surface area contributed by atoms with Gasteiger partial charge < -0.3 is 25.8 Å². The molecule has 8 nitrogen and oxygen atoms in total. The van der Waals surface area contributed by atoms with Crippen molar-refractivity contribution in [2.45, 2.75) is 103 Å². The normalized spacial score (nSPS) is 12.1. The van der Waals surface area contributed by atoms with Crippen LogP contribution in [0.1, 0.15) is 96.8 Å². The quantitative estimate of drug-likeness (QED) is 0.188. The number of unbranched alkanes of at least 4 members (excludes halogenated alkanes) is 8. The topological polar surface area (TPSA) is 93.8 Å². The van der Waals surface area contributed by atoms with Crippen LogP contribution in [-0.2, 0) is 14.4 Å². The van der Waals surface area contributed by atoms with Crippen LogP contribution in [0.15, 0.2) is 0 Å². The fourth-order valence-electron chi connectivity index (χ4n) is 3.85. The van der Waals surface area contributed by atoms with Gasteiger partial charge in [-0.25, -0.2) is 0 Å². The number of hydrogen-bond donors (Lipinski definition) is 3. The Hall–Kier alpha value is -1.67. The summed E-state index contributed by atoms with van der Waals surface area (Å²) in [6.45, 7) is 5.19. The van der Waals surface area contributed by atoms with E-state index >= 15 is 0 Å². The van der Waals surface area contributed by atoms with Gasteiger partial charge in [0.15, 0.2) is 0 Å². The minimum atomic E-state index is -0.673. The molecule has 0 unspecified atom stereocenters. The number of nitrogens with one attached hydrogen (secondary N) is 3. The maximum Gasteiger partial charge on any atom is 0.242 e. The van der Waals surface area contributed by atoms with Gasteiger partial charge in [0.05, 0.1) is 0 Å². The SMILES string of the molecule is CCCCCCCCCCCC(=O)N[C@@H](CCC(=O)NCCCN(C)C)C(=O)NCCCN(C)C. The molecule has 3 N–H and O–H groups in total. The van der Waals surface area contributed by atoms with Gasteiger partial charge >= 0.3 is 0 Å². The molecule has 0 aromatic heterocycles. The molecule has 8 heteroatoms. The zero-order valence-electron chi connectivity index (χ0n) is 23.4. The van der Waals surface area contributed by atoms with Crippen molar-refractivity contribution in [3.63, 3.8) is 0 Å². The minimum Gasteiger partial charge on any atom is -0.356 e. The number of hydrogen-bond acceptors (Lipinski definition) is 5. The lowest BCUT2D eigenvalue weighted by Gasteiger charge is -2.19. The predicted molar refractivity (Wildman–Crippen MR) is 145 cm³/mol. The van der Waals surface area contributed by atoms with E-state index in [1.807, 2.05) is 28.2 Å². The molecule has 0 aliphatic rings. The minimum absolute atomic E-state index is 0.0812. The summed E-state index contributed by atoms with van der Waals surface area (Å²) >= 11 is 0. The van der Waals surface area contributed by atoms with Gasteiger partial charge in [0.2, 0.25) is 17.7 Å². The summed E-state index contributed by atoms with van der Waals surface area (Å²) in [5.41, 5.74) is 0. The Labute approximate surface area is 215 Å². The summed E-state index contributed by atoms with van der Waals surface area (Å²) in [6, 6.07) is -0.673. The van der Waals surface area contributed by atoms with Crippen LogP contribution >= 0.6 is 0 Å². The molecule has 0 aromatic carbocycles. The van der Waals surface area contributed by atoms with Gasteiger partial charge in [-0.2, -0.15) is 0 Å². The van der Waals surface area contributed by atoms with Crippen molar-refractivity contribution in [2.75, 3.05) is 54.4 Å². The summed E-state index contributed by atoms with van der Waals surface area (Å²) in [5.74, 6) is -0.389. The Morgan fingerprint density at radius 1 is 0.629 bits per heavy atom. The molecule has 0 aromatic rings. The standard InChI is InChI=1S/C27H55N5O3/c1-6-7-8-9-10-11-12-13-14-17-26(34)30-24(27(35)29-21-16-23-32(4)5)18-19-25(33)28-20-15-22-31(2)3/h24H,6-23H2,1-5H3,(H,28,33)(H,29,35)(H,30,34)/t24-/m0/s1. The average Bonchev–Trinajstić information content (AvgIpc) is 2.80. The maximum atomic E-state index is 12.7. The maximum absolute atomic E-state index is 12.7. The molecule has 0 bridgehead atoms. The average molecular weight is 498 g/mol. The summed E-state index contributed by atoms with van der Waals surface area (Å²) in [4.78, 5) is 41.6. The summed E-state index contributed by atoms with van der Waals surface area (Å²) in [5, 5.41) is 8.71. The lowest BCUT2D eigenvalue weighted by atomic mass is 10.1. The van der Waals surface area contributed by atoms with Crippen molar-refractivity contribution in [2.24, 2.45) is 0 Å². The number of nitrogens with zero attached hydrogens (tertiary/aromatic N) is 2. The molecule has 3 amide bonds. The molecule has 0 aliphatic carbocycles. The van der Waals surface area contributed by atoms with Crippen molar-refractivity contribution in [1.29, 1.82) is 0 Å². The third kappa shape index (κ3) is 22.5. The smallest absolute Gasteiger partial charge is 0.242 e. The van der Waals surface area contributed by atoms with E-state index in [4.69, 9.17) is 0 Å². The highest BCUT2D eigenvalue weighted by Crippen LogP contribution is 2.10. The molecule has 0 radical (unpaired) electrons. The zero-order valence-corrected chi connectivity index (χ0v) is 23.4. The number of carbonyl (C=O) groups is 3. The molecule has 0 saturated carbocycles. The van der Waals surface area contributed by atoms with Crippen LogP contribution in [0.3, 0.4) is 0 Å². The van der Waals surface area contributed by atoms with Gasteiger partial charge in [0.25, 0.3) is 0 Å². The Morgan fingerprint density at radius 2 is 1.14 bits per heavy atom. The van der Waals surface area contributed by atoms with Gasteiger partial charge in [-0.15, -0.1) is 0 Å². The number of carbonyl (C=O) groups excluding carboxylic acids is 3. The van der Waals surface area contributed by atoms with E-state index in [-0.39, 0.29) is 24.1 Å². The van der Waals surface area contributed by atoms with Crippen molar-refractivity contribution in [1.82, 2.24) is 25.8 Å². The van der Waals surface area contributed by atoms with E-state index in [1.165, 1.54) is 38.5 Å². The molecule has 0 saturated heterocycles. The van der Waals surface area contributed by atoms with Crippen LogP contribution in [-0.4, -0.2) is 87.9 Å². The first-order valence-electron chi connectivity index (χ1n) is 13.9. The van der Waals surface area contributed by atoms with Gasteiger partial charge in [0, 0.05) is 25.9 Å². The van der Waals surface area contributed by atoms with Crippen LogP contribution in [0.25, 0.3) is 0 Å². The van der Waals surface area contributed by atoms with E-state index in [2.05, 4.69) is 32.7 Å². The Balaban J connectivity index is 4.38. The molecular formula is C27H55N5O3. The Kier molecular flexibility index (Phi) is 21.7. The van der Waals surface area contributed by atoms with Crippen LogP contribution in [0.4, 0.5) is 0 Å². The zero-order chi connectivity index (χ0) is 26.3. The molecule has 0 rings (SSSR count). The molecule has 0 aliphatic heterocycles. The van der Waals surface area contributed by atoms with Crippen molar-refractivity contribution < 1.29 is 14.4 Å². The number of rotatable bonds is 23. The van der Waals surface area contributed by atoms with Crippen LogP contribution in [0.5, 0.6) is 0 Å². The van der Waals surface area contributed by atoms with E-state index < -0.39 is 6.04 Å². The van der Waals surface area contributed by atoms with Gasteiger partial charge in [0.1, 0.15) is 6.04 Å². The van der Waals surface area contributed by atoms with E-state index in [0.29, 0.717) is 25.9 Å². The number of amides is 3. The largest absolute Gasteiger partial charge is 0.356 e. The second-order valence-electron chi connectivity index (χ2n) is 10.2. The van der Waals surface area contributed by atoms with Gasteiger partial charge in [-0.3, -0.25) is 14.4 Å². The van der Waals surface area contributed by atoms with Gasteiger partial charge in [-0.05, 0) is 67.0 Å². The first-order chi connectivity index (χ1) is 16.8. The third-order valence-electron chi connectivity index (χ3n) is 6.00. The van der Waals surface area contributed by atoms with E-state index in [1.54, 1.807) is 0 Å². The highest BCUT2D eigenvalue weighted by Gasteiger charge is 2.21. The summed E-state index contributed by atoms with van der Waals surface area (Å²) < 4.78 is 0. The fourth-order valence-corrected chi connectivity index (χ4v) is 3.85. The lowest BCUT2D eigenvalue weighted by Crippen LogP contribution is -2.47. The fraction of sp³-hybridized carbons (Fsp3) is 0.889. The summed E-state index contributed by atoms with van der Waals surface area (Å²) in [7, 11) is 7.99. The molecule has 0 heterocycles. The van der Waals surface area contributed by atoms with E-state index in [9.17, 15) is 14.4 Å². The highest BCUT2D eigenvalue weighted by molar-refractivity contribution is 5.88. The monoisotopic (exact) mass is 497 g/mol. The molecule has 0 fully saturated rings. The molecule has 0 spiro atoms. The second kappa shape index (κ2) is 22.8. The van der Waals surface area contributed by atoms with Crippen molar-refractivity contribution in [3.8, 4) is 0 Å². The Bertz CT molecular complexity index is 555. The van der Waals surface area contributed by atoms with E-state index in [0.717, 1.165) is 45.2 Å². The van der Waals surface area contributed by atoms with Crippen molar-refractivity contribution >= 4 is 17.7 Å². The molecule has 35 heavy (non-hydrogen) atoms. The molecular weight excluding hydrogens is 442 g/mol. The molecule has 1 atom stereocenters. The summed E-state index contributed by atoms with van der Waals surface area (Å²) in [6.07, 6.45) is 13.4.